The maximum atomic E-state index is 13.3. The van der Waals surface area contributed by atoms with Gasteiger partial charge >= 0.3 is 6.98 Å². The number of nitrogens with zero attached hydrogens (tertiary/aromatic N) is 1. The molecule has 0 bridgehead atoms. The molecule has 19 heavy (non-hydrogen) atoms. The highest BCUT2D eigenvalue weighted by atomic mass is 19.4. The Kier molecular flexibility index (Phi) is 3.73. The normalized spacial score (nSPS) is 11.4. The van der Waals surface area contributed by atoms with Gasteiger partial charge < -0.3 is 17.7 Å². The molecule has 0 atom stereocenters. The molecule has 0 spiro atoms. The number of benzene rings is 1. The van der Waals surface area contributed by atoms with Crippen LogP contribution < -0.4 is 10.2 Å². The van der Waals surface area contributed by atoms with E-state index in [0.29, 0.717) is 11.8 Å². The van der Waals surface area contributed by atoms with Gasteiger partial charge in [-0.05, 0) is 18.2 Å². The van der Waals surface area contributed by atoms with Gasteiger partial charge in [-0.15, -0.1) is 0 Å². The van der Waals surface area contributed by atoms with E-state index in [2.05, 4.69) is 4.98 Å². The Balaban J connectivity index is 2.09. The standard InChI is InChI=1S/C12H9BF4NO/c14-12-7-10(4-5-11(12)13(15,16)17)19-8-9-3-1-2-6-18-9/h1-7H,8H2/q-1. The van der Waals surface area contributed by atoms with Crippen molar-refractivity contribution in [1.29, 1.82) is 0 Å². The molecule has 100 valence electrons. The second-order valence-electron chi connectivity index (χ2n) is 3.87. The van der Waals surface area contributed by atoms with E-state index in [1.807, 2.05) is 0 Å². The van der Waals surface area contributed by atoms with E-state index < -0.39 is 18.3 Å². The van der Waals surface area contributed by atoms with Crippen molar-refractivity contribution < 1.29 is 22.1 Å². The summed E-state index contributed by atoms with van der Waals surface area (Å²) in [7, 11) is 0. The summed E-state index contributed by atoms with van der Waals surface area (Å²) in [5.41, 5.74) is -0.641. The van der Waals surface area contributed by atoms with E-state index in [1.54, 1.807) is 24.4 Å². The number of ether oxygens (including phenoxy) is 1. The fourth-order valence-electron chi connectivity index (χ4n) is 1.50. The maximum Gasteiger partial charge on any atom is 0.512 e. The summed E-state index contributed by atoms with van der Waals surface area (Å²) in [6, 6.07) is 7.68. The zero-order valence-corrected chi connectivity index (χ0v) is 9.69. The van der Waals surface area contributed by atoms with E-state index in [9.17, 15) is 17.3 Å². The molecule has 2 rings (SSSR count). The van der Waals surface area contributed by atoms with Crippen molar-refractivity contribution in [2.75, 3.05) is 0 Å². The van der Waals surface area contributed by atoms with Gasteiger partial charge in [0.05, 0.1) is 11.5 Å². The minimum atomic E-state index is -5.35. The molecule has 0 aliphatic heterocycles. The molecule has 1 heterocycles. The highest BCUT2D eigenvalue weighted by Crippen LogP contribution is 2.17. The molecule has 0 saturated carbocycles. The molecule has 0 fully saturated rings. The van der Waals surface area contributed by atoms with Crippen molar-refractivity contribution in [1.82, 2.24) is 4.98 Å². The lowest BCUT2D eigenvalue weighted by atomic mass is 9.80. The SMILES string of the molecule is Fc1cc(OCc2ccccn2)ccc1[B-](F)(F)F. The Bertz CT molecular complexity index is 559. The third kappa shape index (κ3) is 3.46. The highest BCUT2D eigenvalue weighted by Gasteiger charge is 2.28. The Morgan fingerprint density at radius 1 is 1.11 bits per heavy atom. The molecular formula is C12H9BF4NO-. The molecule has 2 nitrogen and oxygen atoms in total. The number of hydrogen-bond donors (Lipinski definition) is 0. The monoisotopic (exact) mass is 270 g/mol. The summed E-state index contributed by atoms with van der Waals surface area (Å²) in [5.74, 6) is -1.29. The number of hydrogen-bond acceptors (Lipinski definition) is 2. The topological polar surface area (TPSA) is 22.1 Å². The lowest BCUT2D eigenvalue weighted by Gasteiger charge is -2.16. The fourth-order valence-corrected chi connectivity index (χ4v) is 1.50. The first kappa shape index (κ1) is 13.4. The van der Waals surface area contributed by atoms with Crippen LogP contribution in [0.2, 0.25) is 0 Å². The molecular weight excluding hydrogens is 261 g/mol. The Morgan fingerprint density at radius 3 is 2.47 bits per heavy atom. The van der Waals surface area contributed by atoms with Gasteiger partial charge in [-0.3, -0.25) is 4.98 Å². The van der Waals surface area contributed by atoms with Crippen LogP contribution in [0, 0.1) is 5.82 Å². The Hall–Kier alpha value is -2.05. The van der Waals surface area contributed by atoms with E-state index in [-0.39, 0.29) is 12.4 Å². The number of halogens is 4. The summed E-state index contributed by atoms with van der Waals surface area (Å²) in [6.45, 7) is -5.28. The second kappa shape index (κ2) is 5.30. The molecule has 7 heteroatoms. The predicted molar refractivity (Wildman–Crippen MR) is 63.7 cm³/mol. The maximum absolute atomic E-state index is 13.3. The molecule has 1 aromatic heterocycles. The molecule has 0 aliphatic rings. The van der Waals surface area contributed by atoms with E-state index >= 15 is 0 Å². The summed E-state index contributed by atoms with van der Waals surface area (Å²) < 4.78 is 55.7. The molecule has 0 unspecified atom stereocenters. The zero-order chi connectivity index (χ0) is 13.9. The minimum absolute atomic E-state index is 0.0342. The highest BCUT2D eigenvalue weighted by molar-refractivity contribution is 6.73. The van der Waals surface area contributed by atoms with Crippen LogP contribution in [0.5, 0.6) is 5.75 Å². The molecule has 1 aromatic carbocycles. The van der Waals surface area contributed by atoms with Crippen molar-refractivity contribution in [3.8, 4) is 5.75 Å². The summed E-state index contributed by atoms with van der Waals surface area (Å²) in [5, 5.41) is 0. The van der Waals surface area contributed by atoms with Crippen LogP contribution in [0.25, 0.3) is 0 Å². The van der Waals surface area contributed by atoms with Gasteiger partial charge in [0.25, 0.3) is 0 Å². The van der Waals surface area contributed by atoms with Crippen molar-refractivity contribution in [2.45, 2.75) is 6.61 Å². The van der Waals surface area contributed by atoms with Gasteiger partial charge in [0.2, 0.25) is 0 Å². The Labute approximate surface area is 107 Å². The molecule has 2 aromatic rings. The van der Waals surface area contributed by atoms with E-state index in [0.717, 1.165) is 12.1 Å². The number of aromatic nitrogens is 1. The first-order chi connectivity index (χ1) is 8.97. The molecule has 0 saturated heterocycles. The summed E-state index contributed by atoms with van der Waals surface area (Å²) in [6.07, 6.45) is 1.56. The lowest BCUT2D eigenvalue weighted by Crippen LogP contribution is -2.36. The van der Waals surface area contributed by atoms with Crippen LogP contribution in [0.15, 0.2) is 42.6 Å². The van der Waals surface area contributed by atoms with Gasteiger partial charge in [-0.2, -0.15) is 0 Å². The van der Waals surface area contributed by atoms with Gasteiger partial charge in [0.1, 0.15) is 12.4 Å². The zero-order valence-electron chi connectivity index (χ0n) is 9.69. The number of pyridine rings is 1. The predicted octanol–water partition coefficient (Wildman–Crippen LogP) is 2.85. The van der Waals surface area contributed by atoms with Crippen LogP contribution in [0.3, 0.4) is 0 Å². The van der Waals surface area contributed by atoms with Crippen LogP contribution in [-0.4, -0.2) is 12.0 Å². The van der Waals surface area contributed by atoms with Gasteiger partial charge in [0.15, 0.2) is 0 Å². The van der Waals surface area contributed by atoms with Gasteiger partial charge in [0, 0.05) is 12.3 Å². The first-order valence-corrected chi connectivity index (χ1v) is 5.49. The third-order valence-corrected chi connectivity index (χ3v) is 2.44. The van der Waals surface area contributed by atoms with Crippen molar-refractivity contribution in [3.05, 3.63) is 54.1 Å². The average molecular weight is 270 g/mol. The molecule has 0 amide bonds. The van der Waals surface area contributed by atoms with E-state index in [4.69, 9.17) is 4.74 Å². The summed E-state index contributed by atoms with van der Waals surface area (Å²) in [4.78, 5) is 3.98. The van der Waals surface area contributed by atoms with Crippen molar-refractivity contribution >= 4 is 12.4 Å². The first-order valence-electron chi connectivity index (χ1n) is 5.49. The van der Waals surface area contributed by atoms with Gasteiger partial charge in [-0.1, -0.05) is 17.6 Å². The fraction of sp³-hybridized carbons (Fsp3) is 0.0833. The number of rotatable bonds is 4. The smallest absolute Gasteiger partial charge is 0.487 e. The average Bonchev–Trinajstić information content (AvgIpc) is 2.36. The van der Waals surface area contributed by atoms with Gasteiger partial charge in [-0.25, -0.2) is 4.39 Å². The van der Waals surface area contributed by atoms with Crippen LogP contribution in [-0.2, 0) is 6.61 Å². The van der Waals surface area contributed by atoms with E-state index in [1.165, 1.54) is 0 Å². The van der Waals surface area contributed by atoms with Crippen LogP contribution >= 0.6 is 0 Å². The Morgan fingerprint density at radius 2 is 1.89 bits per heavy atom. The largest absolute Gasteiger partial charge is 0.512 e. The van der Waals surface area contributed by atoms with Crippen molar-refractivity contribution in [3.63, 3.8) is 0 Å². The van der Waals surface area contributed by atoms with Crippen LogP contribution in [0.4, 0.5) is 17.3 Å². The molecule has 0 N–H and O–H groups in total. The minimum Gasteiger partial charge on any atom is -0.487 e. The molecule has 0 aliphatic carbocycles. The van der Waals surface area contributed by atoms with Crippen molar-refractivity contribution in [2.24, 2.45) is 0 Å². The molecule has 0 radical (unpaired) electrons. The third-order valence-electron chi connectivity index (χ3n) is 2.44. The van der Waals surface area contributed by atoms with Crippen LogP contribution in [0.1, 0.15) is 5.69 Å². The summed E-state index contributed by atoms with van der Waals surface area (Å²) >= 11 is 0. The quantitative estimate of drug-likeness (QED) is 0.629. The lowest BCUT2D eigenvalue weighted by molar-refractivity contribution is 0.300. The second-order valence-corrected chi connectivity index (χ2v) is 3.87.